The van der Waals surface area contributed by atoms with E-state index in [2.05, 4.69) is 10.8 Å². The predicted molar refractivity (Wildman–Crippen MR) is 109 cm³/mol. The molecule has 156 valence electrons. The van der Waals surface area contributed by atoms with Crippen molar-refractivity contribution in [2.45, 2.75) is 26.4 Å². The van der Waals surface area contributed by atoms with Crippen LogP contribution in [0.3, 0.4) is 0 Å². The molecule has 2 amide bonds. The van der Waals surface area contributed by atoms with E-state index < -0.39 is 17.6 Å². The molecule has 0 atom stereocenters. The van der Waals surface area contributed by atoms with Gasteiger partial charge in [0.1, 0.15) is 5.60 Å². The Labute approximate surface area is 174 Å². The molecule has 0 aliphatic carbocycles. The minimum atomic E-state index is -0.710. The van der Waals surface area contributed by atoms with Gasteiger partial charge in [-0.05, 0) is 57.2 Å². The van der Waals surface area contributed by atoms with Crippen molar-refractivity contribution in [2.75, 3.05) is 19.5 Å². The molecule has 0 aromatic heterocycles. The normalized spacial score (nSPS) is 10.7. The number of hydrogen-bond acceptors (Lipinski definition) is 6. The highest BCUT2D eigenvalue weighted by Crippen LogP contribution is 2.37. The summed E-state index contributed by atoms with van der Waals surface area (Å²) in [5.74, 6) is 0.640. The molecule has 0 saturated heterocycles. The van der Waals surface area contributed by atoms with E-state index >= 15 is 0 Å². The molecule has 0 unspecified atom stereocenters. The lowest BCUT2D eigenvalue weighted by atomic mass is 10.1. The van der Waals surface area contributed by atoms with Gasteiger partial charge in [-0.3, -0.25) is 4.79 Å². The topological polar surface area (TPSA) is 95.1 Å². The average Bonchev–Trinajstić information content (AvgIpc) is 2.65. The maximum atomic E-state index is 12.5. The third kappa shape index (κ3) is 6.18. The highest BCUT2D eigenvalue weighted by atomic mass is 35.5. The average molecular weight is 423 g/mol. The van der Waals surface area contributed by atoms with E-state index in [1.807, 2.05) is 0 Å². The Kier molecular flexibility index (Phi) is 7.17. The Morgan fingerprint density at radius 2 is 1.62 bits per heavy atom. The molecule has 0 radical (unpaired) electrons. The number of ether oxygens (including phenoxy) is 3. The number of methoxy groups -OCH3 is 2. The van der Waals surface area contributed by atoms with Gasteiger partial charge in [0.05, 0.1) is 24.8 Å². The molecule has 0 saturated carbocycles. The number of rotatable bonds is 6. The van der Waals surface area contributed by atoms with Crippen molar-refractivity contribution in [3.8, 4) is 17.2 Å². The van der Waals surface area contributed by atoms with Gasteiger partial charge in [0, 0.05) is 5.69 Å². The fraction of sp³-hybridized carbons (Fsp3) is 0.300. The first-order chi connectivity index (χ1) is 13.6. The van der Waals surface area contributed by atoms with Crippen LogP contribution in [0.5, 0.6) is 17.2 Å². The first-order valence-corrected chi connectivity index (χ1v) is 9.00. The zero-order valence-corrected chi connectivity index (χ0v) is 17.5. The van der Waals surface area contributed by atoms with Gasteiger partial charge in [0.25, 0.3) is 5.91 Å². The SMILES string of the molecule is COc1ccc(C(=O)Nc2ccc(ONC(=O)OC(C)(C)C)cc2)c(Cl)c1OC. The van der Waals surface area contributed by atoms with Gasteiger partial charge in [-0.1, -0.05) is 11.6 Å². The molecule has 0 spiro atoms. The predicted octanol–water partition coefficient (Wildman–Crippen LogP) is 4.43. The number of anilines is 1. The molecule has 8 nitrogen and oxygen atoms in total. The molecule has 2 N–H and O–H groups in total. The zero-order valence-electron chi connectivity index (χ0n) is 16.8. The van der Waals surface area contributed by atoms with E-state index in [0.717, 1.165) is 0 Å². The third-order valence-electron chi connectivity index (χ3n) is 3.49. The van der Waals surface area contributed by atoms with Crippen molar-refractivity contribution in [1.82, 2.24) is 5.48 Å². The van der Waals surface area contributed by atoms with Gasteiger partial charge in [0.15, 0.2) is 17.2 Å². The molecule has 2 rings (SSSR count). The van der Waals surface area contributed by atoms with Crippen LogP contribution in [0.1, 0.15) is 31.1 Å². The molecule has 2 aromatic rings. The van der Waals surface area contributed by atoms with Gasteiger partial charge >= 0.3 is 6.09 Å². The van der Waals surface area contributed by atoms with Crippen molar-refractivity contribution in [2.24, 2.45) is 0 Å². The van der Waals surface area contributed by atoms with Crippen LogP contribution < -0.4 is 25.1 Å². The van der Waals surface area contributed by atoms with Crippen LogP contribution in [0.4, 0.5) is 10.5 Å². The smallest absolute Gasteiger partial charge is 0.441 e. The van der Waals surface area contributed by atoms with Crippen molar-refractivity contribution in [1.29, 1.82) is 0 Å². The summed E-state index contributed by atoms with van der Waals surface area (Å²) < 4.78 is 15.4. The standard InChI is InChI=1S/C20H23ClN2O6/c1-20(2,3)28-19(25)23-29-13-8-6-12(7-9-13)22-18(24)14-10-11-15(26-4)17(27-5)16(14)21/h6-11H,1-5H3,(H,22,24)(H,23,25). The van der Waals surface area contributed by atoms with Crippen molar-refractivity contribution < 1.29 is 28.6 Å². The second-order valence-electron chi connectivity index (χ2n) is 6.85. The molecule has 2 aromatic carbocycles. The molecule has 0 aliphatic rings. The van der Waals surface area contributed by atoms with Crippen LogP contribution in [0, 0.1) is 0 Å². The molecule has 0 fully saturated rings. The maximum Gasteiger partial charge on any atom is 0.441 e. The van der Waals surface area contributed by atoms with Crippen LogP contribution in [-0.4, -0.2) is 31.8 Å². The largest absolute Gasteiger partial charge is 0.493 e. The van der Waals surface area contributed by atoms with E-state index in [1.165, 1.54) is 14.2 Å². The number of amides is 2. The van der Waals surface area contributed by atoms with Crippen molar-refractivity contribution in [3.63, 3.8) is 0 Å². The monoisotopic (exact) mass is 422 g/mol. The minimum Gasteiger partial charge on any atom is -0.493 e. The first-order valence-electron chi connectivity index (χ1n) is 8.62. The molecular weight excluding hydrogens is 400 g/mol. The van der Waals surface area contributed by atoms with E-state index in [9.17, 15) is 9.59 Å². The van der Waals surface area contributed by atoms with E-state index in [1.54, 1.807) is 57.2 Å². The number of benzene rings is 2. The molecule has 0 aliphatic heterocycles. The Bertz CT molecular complexity index is 878. The molecule has 0 bridgehead atoms. The quantitative estimate of drug-likeness (QED) is 0.669. The van der Waals surface area contributed by atoms with Gasteiger partial charge in [0.2, 0.25) is 0 Å². The number of nitrogens with one attached hydrogen (secondary N) is 2. The van der Waals surface area contributed by atoms with Gasteiger partial charge in [-0.2, -0.15) is 5.48 Å². The Hall–Kier alpha value is -3.13. The first kappa shape index (κ1) is 22.2. The van der Waals surface area contributed by atoms with E-state index in [4.69, 9.17) is 30.6 Å². The number of carbonyl (C=O) groups excluding carboxylic acids is 2. The lowest BCUT2D eigenvalue weighted by Gasteiger charge is -2.19. The van der Waals surface area contributed by atoms with Gasteiger partial charge in [-0.25, -0.2) is 4.79 Å². The highest BCUT2D eigenvalue weighted by molar-refractivity contribution is 6.36. The van der Waals surface area contributed by atoms with Crippen molar-refractivity contribution >= 4 is 29.3 Å². The van der Waals surface area contributed by atoms with Crippen LogP contribution in [-0.2, 0) is 4.74 Å². The Morgan fingerprint density at radius 3 is 2.17 bits per heavy atom. The minimum absolute atomic E-state index is 0.144. The summed E-state index contributed by atoms with van der Waals surface area (Å²) in [4.78, 5) is 29.3. The summed E-state index contributed by atoms with van der Waals surface area (Å²) in [6.07, 6.45) is -0.710. The number of hydroxylamine groups is 1. The van der Waals surface area contributed by atoms with Crippen LogP contribution in [0.15, 0.2) is 36.4 Å². The van der Waals surface area contributed by atoms with Crippen LogP contribution in [0.25, 0.3) is 0 Å². The third-order valence-corrected chi connectivity index (χ3v) is 3.87. The Morgan fingerprint density at radius 1 is 0.966 bits per heavy atom. The molecule has 0 heterocycles. The number of halogens is 1. The fourth-order valence-electron chi connectivity index (χ4n) is 2.27. The lowest BCUT2D eigenvalue weighted by Crippen LogP contribution is -2.34. The molecule has 29 heavy (non-hydrogen) atoms. The summed E-state index contributed by atoms with van der Waals surface area (Å²) in [7, 11) is 2.92. The van der Waals surface area contributed by atoms with E-state index in [-0.39, 0.29) is 16.3 Å². The van der Waals surface area contributed by atoms with Gasteiger partial charge < -0.3 is 24.4 Å². The van der Waals surface area contributed by atoms with Crippen LogP contribution in [0.2, 0.25) is 5.02 Å². The second-order valence-corrected chi connectivity index (χ2v) is 7.23. The zero-order chi connectivity index (χ0) is 21.6. The highest BCUT2D eigenvalue weighted by Gasteiger charge is 2.19. The summed E-state index contributed by atoms with van der Waals surface area (Å²) in [5, 5.41) is 2.87. The fourth-order valence-corrected chi connectivity index (χ4v) is 2.59. The summed E-state index contributed by atoms with van der Waals surface area (Å²) in [6, 6.07) is 9.50. The summed E-state index contributed by atoms with van der Waals surface area (Å²) in [5.41, 5.74) is 2.29. The number of hydrogen-bond donors (Lipinski definition) is 2. The van der Waals surface area contributed by atoms with Crippen LogP contribution >= 0.6 is 11.6 Å². The molecule has 9 heteroatoms. The maximum absolute atomic E-state index is 12.5. The summed E-state index contributed by atoms with van der Waals surface area (Å²) in [6.45, 7) is 5.23. The number of carbonyl (C=O) groups is 2. The molecular formula is C20H23ClN2O6. The summed E-state index contributed by atoms with van der Waals surface area (Å²) >= 11 is 6.26. The van der Waals surface area contributed by atoms with E-state index in [0.29, 0.717) is 17.2 Å². The lowest BCUT2D eigenvalue weighted by molar-refractivity contribution is 0.0287. The van der Waals surface area contributed by atoms with Gasteiger partial charge in [-0.15, -0.1) is 0 Å². The second kappa shape index (κ2) is 9.38. The Balaban J connectivity index is 2.01. The van der Waals surface area contributed by atoms with Crippen molar-refractivity contribution in [3.05, 3.63) is 47.0 Å².